The van der Waals surface area contributed by atoms with Crippen LogP contribution in [0.1, 0.15) is 32.1 Å². The van der Waals surface area contributed by atoms with E-state index in [4.69, 9.17) is 0 Å². The van der Waals surface area contributed by atoms with Crippen molar-refractivity contribution in [3.8, 4) is 0 Å². The van der Waals surface area contributed by atoms with E-state index in [9.17, 15) is 9.59 Å². The number of carbonyl (C=O) groups excluding carboxylic acids is 2. The van der Waals surface area contributed by atoms with Gasteiger partial charge >= 0.3 is 0 Å². The second-order valence-corrected chi connectivity index (χ2v) is 5.22. The van der Waals surface area contributed by atoms with Crippen LogP contribution in [0.4, 0.5) is 0 Å². The van der Waals surface area contributed by atoms with Crippen molar-refractivity contribution >= 4 is 11.8 Å². The first-order chi connectivity index (χ1) is 8.72. The summed E-state index contributed by atoms with van der Waals surface area (Å²) in [6, 6.07) is 0.00954. The van der Waals surface area contributed by atoms with E-state index in [-0.39, 0.29) is 23.8 Å². The maximum atomic E-state index is 12.3. The quantitative estimate of drug-likeness (QED) is 0.734. The molecule has 0 aromatic rings. The molecule has 18 heavy (non-hydrogen) atoms. The zero-order chi connectivity index (χ0) is 13.0. The maximum Gasteiger partial charge on any atom is 0.239 e. The van der Waals surface area contributed by atoms with Gasteiger partial charge in [0.15, 0.2) is 0 Å². The van der Waals surface area contributed by atoms with Gasteiger partial charge in [-0.05, 0) is 32.2 Å². The molecule has 2 aliphatic rings. The van der Waals surface area contributed by atoms with Crippen LogP contribution in [0.5, 0.6) is 0 Å². The van der Waals surface area contributed by atoms with Crippen LogP contribution in [0, 0.1) is 5.92 Å². The minimum absolute atomic E-state index is 0.00954. The van der Waals surface area contributed by atoms with E-state index in [1.54, 1.807) is 7.05 Å². The van der Waals surface area contributed by atoms with E-state index >= 15 is 0 Å². The molecule has 2 amide bonds. The zero-order valence-electron chi connectivity index (χ0n) is 11.1. The summed E-state index contributed by atoms with van der Waals surface area (Å²) >= 11 is 0. The fourth-order valence-corrected chi connectivity index (χ4v) is 2.85. The Bertz CT molecular complexity index is 305. The Hall–Kier alpha value is -1.10. The number of amides is 2. The van der Waals surface area contributed by atoms with E-state index in [1.165, 1.54) is 6.42 Å². The molecule has 102 valence electrons. The lowest BCUT2D eigenvalue weighted by Crippen LogP contribution is -2.51. The first-order valence-corrected chi connectivity index (χ1v) is 6.96. The Morgan fingerprint density at radius 2 is 1.89 bits per heavy atom. The average Bonchev–Trinajstić information content (AvgIpc) is 2.47. The first-order valence-electron chi connectivity index (χ1n) is 6.96. The molecule has 2 aliphatic heterocycles. The standard InChI is InChI=1S/C13H23N3O2/c1-14-12(17)10-5-8-16(9-6-10)13(18)11-4-2-3-7-15-11/h10-11,15H,2-9H2,1H3,(H,14,17)/t11-/m1/s1. The normalized spacial score (nSPS) is 25.8. The van der Waals surface area contributed by atoms with Crippen LogP contribution in [-0.2, 0) is 9.59 Å². The van der Waals surface area contributed by atoms with Crippen LogP contribution in [-0.4, -0.2) is 49.4 Å². The molecule has 0 unspecified atom stereocenters. The topological polar surface area (TPSA) is 61.4 Å². The molecule has 2 heterocycles. The molecule has 5 heteroatoms. The monoisotopic (exact) mass is 253 g/mol. The van der Waals surface area contributed by atoms with Crippen LogP contribution in [0.2, 0.25) is 0 Å². The van der Waals surface area contributed by atoms with Gasteiger partial charge in [-0.15, -0.1) is 0 Å². The van der Waals surface area contributed by atoms with Crippen LogP contribution in [0.3, 0.4) is 0 Å². The Labute approximate surface area is 108 Å². The third-order valence-corrected chi connectivity index (χ3v) is 4.03. The third kappa shape index (κ3) is 3.02. The summed E-state index contributed by atoms with van der Waals surface area (Å²) in [5, 5.41) is 5.98. The molecule has 2 fully saturated rings. The highest BCUT2D eigenvalue weighted by Gasteiger charge is 2.30. The van der Waals surface area contributed by atoms with Crippen molar-refractivity contribution in [2.45, 2.75) is 38.1 Å². The molecular formula is C13H23N3O2. The van der Waals surface area contributed by atoms with Crippen molar-refractivity contribution in [2.75, 3.05) is 26.7 Å². The minimum Gasteiger partial charge on any atom is -0.359 e. The predicted octanol–water partition coefficient (Wildman–Crippen LogP) is 0.113. The summed E-state index contributed by atoms with van der Waals surface area (Å²) in [5.41, 5.74) is 0. The van der Waals surface area contributed by atoms with E-state index in [0.29, 0.717) is 0 Å². The van der Waals surface area contributed by atoms with Gasteiger partial charge in [0.2, 0.25) is 11.8 Å². The Balaban J connectivity index is 1.81. The van der Waals surface area contributed by atoms with Gasteiger partial charge in [0.05, 0.1) is 6.04 Å². The Morgan fingerprint density at radius 1 is 1.17 bits per heavy atom. The Kier molecular flexibility index (Phi) is 4.58. The molecular weight excluding hydrogens is 230 g/mol. The van der Waals surface area contributed by atoms with Crippen LogP contribution >= 0.6 is 0 Å². The summed E-state index contributed by atoms with van der Waals surface area (Å²) in [4.78, 5) is 25.7. The number of carbonyl (C=O) groups is 2. The predicted molar refractivity (Wildman–Crippen MR) is 69.0 cm³/mol. The van der Waals surface area contributed by atoms with Crippen LogP contribution in [0.15, 0.2) is 0 Å². The summed E-state index contributed by atoms with van der Waals surface area (Å²) in [6.07, 6.45) is 4.84. The van der Waals surface area contributed by atoms with Crippen molar-refractivity contribution in [1.29, 1.82) is 0 Å². The molecule has 0 saturated carbocycles. The molecule has 2 N–H and O–H groups in total. The summed E-state index contributed by atoms with van der Waals surface area (Å²) in [5.74, 6) is 0.418. The van der Waals surface area contributed by atoms with E-state index in [2.05, 4.69) is 10.6 Å². The lowest BCUT2D eigenvalue weighted by atomic mass is 9.94. The van der Waals surface area contributed by atoms with Gasteiger partial charge in [-0.25, -0.2) is 0 Å². The number of likely N-dealkylation sites (tertiary alicyclic amines) is 1. The number of nitrogens with one attached hydrogen (secondary N) is 2. The van der Waals surface area contributed by atoms with Crippen LogP contribution in [0.25, 0.3) is 0 Å². The smallest absolute Gasteiger partial charge is 0.239 e. The fourth-order valence-electron chi connectivity index (χ4n) is 2.85. The lowest BCUT2D eigenvalue weighted by molar-refractivity contribution is -0.137. The van der Waals surface area contributed by atoms with Crippen molar-refractivity contribution in [3.63, 3.8) is 0 Å². The summed E-state index contributed by atoms with van der Waals surface area (Å²) < 4.78 is 0. The highest BCUT2D eigenvalue weighted by atomic mass is 16.2. The highest BCUT2D eigenvalue weighted by molar-refractivity contribution is 5.83. The molecule has 0 aromatic carbocycles. The van der Waals surface area contributed by atoms with Crippen molar-refractivity contribution in [2.24, 2.45) is 5.92 Å². The van der Waals surface area contributed by atoms with Crippen molar-refractivity contribution < 1.29 is 9.59 Å². The molecule has 1 atom stereocenters. The number of hydrogen-bond acceptors (Lipinski definition) is 3. The van der Waals surface area contributed by atoms with Crippen molar-refractivity contribution in [1.82, 2.24) is 15.5 Å². The van der Waals surface area contributed by atoms with E-state index in [1.807, 2.05) is 4.90 Å². The molecule has 2 rings (SSSR count). The van der Waals surface area contributed by atoms with Gasteiger partial charge in [-0.2, -0.15) is 0 Å². The largest absolute Gasteiger partial charge is 0.359 e. The molecule has 2 saturated heterocycles. The van der Waals surface area contributed by atoms with Gasteiger partial charge in [0.1, 0.15) is 0 Å². The van der Waals surface area contributed by atoms with Crippen molar-refractivity contribution in [3.05, 3.63) is 0 Å². The van der Waals surface area contributed by atoms with Gasteiger partial charge < -0.3 is 15.5 Å². The van der Waals surface area contributed by atoms with Gasteiger partial charge in [0, 0.05) is 26.1 Å². The van der Waals surface area contributed by atoms with Crippen LogP contribution < -0.4 is 10.6 Å². The summed E-state index contributed by atoms with van der Waals surface area (Å²) in [6.45, 7) is 2.38. The number of hydrogen-bond donors (Lipinski definition) is 2. The molecule has 5 nitrogen and oxygen atoms in total. The molecule has 0 aromatic heterocycles. The maximum absolute atomic E-state index is 12.3. The lowest BCUT2D eigenvalue weighted by Gasteiger charge is -2.34. The number of piperidine rings is 2. The minimum atomic E-state index is 0.00954. The van der Waals surface area contributed by atoms with Gasteiger partial charge in [-0.1, -0.05) is 6.42 Å². The van der Waals surface area contributed by atoms with E-state index in [0.717, 1.165) is 45.3 Å². The van der Waals surface area contributed by atoms with E-state index < -0.39 is 0 Å². The highest BCUT2D eigenvalue weighted by Crippen LogP contribution is 2.19. The molecule has 0 radical (unpaired) electrons. The fraction of sp³-hybridized carbons (Fsp3) is 0.846. The first kappa shape index (κ1) is 13.3. The third-order valence-electron chi connectivity index (χ3n) is 4.03. The number of nitrogens with zero attached hydrogens (tertiary/aromatic N) is 1. The average molecular weight is 253 g/mol. The second kappa shape index (κ2) is 6.18. The summed E-state index contributed by atoms with van der Waals surface area (Å²) in [7, 11) is 1.67. The Morgan fingerprint density at radius 3 is 2.44 bits per heavy atom. The zero-order valence-corrected chi connectivity index (χ0v) is 11.1. The molecule has 0 bridgehead atoms. The van der Waals surface area contributed by atoms with Gasteiger partial charge in [0.25, 0.3) is 0 Å². The second-order valence-electron chi connectivity index (χ2n) is 5.22. The molecule has 0 spiro atoms. The molecule has 0 aliphatic carbocycles. The van der Waals surface area contributed by atoms with Gasteiger partial charge in [-0.3, -0.25) is 9.59 Å². The number of rotatable bonds is 2. The SMILES string of the molecule is CNC(=O)C1CCN(C(=O)[C@H]2CCCCN2)CC1.